The van der Waals surface area contributed by atoms with Crippen LogP contribution in [0.15, 0.2) is 285 Å². The van der Waals surface area contributed by atoms with Crippen molar-refractivity contribution in [2.75, 3.05) is 9.80 Å². The fourth-order valence-corrected chi connectivity index (χ4v) is 13.1. The highest BCUT2D eigenvalue weighted by Gasteiger charge is 2.46. The van der Waals surface area contributed by atoms with Gasteiger partial charge in [0.1, 0.15) is 0 Å². The highest BCUT2D eigenvalue weighted by atomic mass is 15.2. The van der Waals surface area contributed by atoms with Gasteiger partial charge in [-0.1, -0.05) is 238 Å². The molecule has 0 spiro atoms. The highest BCUT2D eigenvalue weighted by Crippen LogP contribution is 2.58. The van der Waals surface area contributed by atoms with Gasteiger partial charge in [0.2, 0.25) is 0 Å². The van der Waals surface area contributed by atoms with Crippen molar-refractivity contribution in [3.8, 4) is 33.4 Å². The molecule has 0 radical (unpaired) electrons. The smallest absolute Gasteiger partial charge is 0.0714 e. The van der Waals surface area contributed by atoms with Crippen molar-refractivity contribution in [1.82, 2.24) is 0 Å². The Morgan fingerprint density at radius 1 is 0.299 bits per heavy atom. The quantitative estimate of drug-likeness (QED) is 0.127. The summed E-state index contributed by atoms with van der Waals surface area (Å²) in [5, 5.41) is 4.85. The van der Waals surface area contributed by atoms with E-state index in [1.165, 1.54) is 109 Å². The second kappa shape index (κ2) is 19.8. The van der Waals surface area contributed by atoms with Crippen LogP contribution in [-0.2, 0) is 5.41 Å². The van der Waals surface area contributed by atoms with Crippen molar-refractivity contribution in [1.29, 1.82) is 0 Å². The van der Waals surface area contributed by atoms with Crippen LogP contribution >= 0.6 is 0 Å². The van der Waals surface area contributed by atoms with Gasteiger partial charge in [0.15, 0.2) is 0 Å². The average Bonchev–Trinajstić information content (AvgIpc) is 4.01. The number of hydrogen-bond acceptors (Lipinski definition) is 2. The summed E-state index contributed by atoms with van der Waals surface area (Å²) in [7, 11) is 0. The van der Waals surface area contributed by atoms with E-state index in [-0.39, 0.29) is 0 Å². The van der Waals surface area contributed by atoms with Crippen LogP contribution in [0.4, 0.5) is 34.1 Å². The lowest BCUT2D eigenvalue weighted by Crippen LogP contribution is -2.28. The normalized spacial score (nSPS) is 13.8. The lowest BCUT2D eigenvalue weighted by atomic mass is 9.67. The molecule has 77 heavy (non-hydrogen) atoms. The molecule has 0 saturated heterocycles. The molecule has 0 amide bonds. The molecule has 2 nitrogen and oxygen atoms in total. The number of fused-ring (bicyclic) bond motifs is 5. The molecule has 0 heterocycles. The van der Waals surface area contributed by atoms with Crippen molar-refractivity contribution in [2.24, 2.45) is 0 Å². The van der Waals surface area contributed by atoms with Crippen molar-refractivity contribution in [3.63, 3.8) is 0 Å². The summed E-state index contributed by atoms with van der Waals surface area (Å²) in [4.78, 5) is 4.98. The van der Waals surface area contributed by atoms with Gasteiger partial charge in [-0.2, -0.15) is 0 Å². The minimum Gasteiger partial charge on any atom is -0.310 e. The second-order valence-corrected chi connectivity index (χ2v) is 21.0. The van der Waals surface area contributed by atoms with Crippen LogP contribution in [0.3, 0.4) is 0 Å². The zero-order chi connectivity index (χ0) is 51.1. The first-order valence-electron chi connectivity index (χ1n) is 27.5. The lowest BCUT2D eigenvalue weighted by molar-refractivity contribution is 0.443. The summed E-state index contributed by atoms with van der Waals surface area (Å²) < 4.78 is 0. The minimum atomic E-state index is -0.566. The van der Waals surface area contributed by atoms with Gasteiger partial charge in [-0.15, -0.1) is 0 Å². The Balaban J connectivity index is 1.06. The maximum Gasteiger partial charge on any atom is 0.0714 e. The minimum absolute atomic E-state index is 0.566. The molecule has 0 aliphatic heterocycles. The summed E-state index contributed by atoms with van der Waals surface area (Å²) in [6, 6.07) is 107. The average molecular weight is 987 g/mol. The monoisotopic (exact) mass is 986 g/mol. The molecule has 0 unspecified atom stereocenters. The van der Waals surface area contributed by atoms with E-state index in [4.69, 9.17) is 0 Å². The van der Waals surface area contributed by atoms with E-state index < -0.39 is 5.41 Å². The van der Waals surface area contributed by atoms with Crippen LogP contribution in [0.25, 0.3) is 54.9 Å². The Kier molecular flexibility index (Phi) is 11.9. The number of anilines is 6. The SMILES string of the molecule is c1ccc(-c2c(-c3cc(N(c4ccc(C5CCCCC5)cc4)c4ccc5c(c4)C(c4ccccc4)(c4ccccc4)c4ccccc4-5)cc(N(c4ccccc4)c4ccc5ccccc5c4)c3)ccc3ccccc23)cc1. The van der Waals surface area contributed by atoms with Gasteiger partial charge in [-0.25, -0.2) is 0 Å². The molecule has 368 valence electrons. The number of hydrogen-bond donors (Lipinski definition) is 0. The van der Waals surface area contributed by atoms with Crippen molar-refractivity contribution >= 4 is 55.7 Å². The number of nitrogens with zero attached hydrogens (tertiary/aromatic N) is 2. The summed E-state index contributed by atoms with van der Waals surface area (Å²) >= 11 is 0. The molecule has 2 aliphatic rings. The Morgan fingerprint density at radius 2 is 0.805 bits per heavy atom. The number of benzene rings is 12. The first-order chi connectivity index (χ1) is 38.2. The Labute approximate surface area is 452 Å². The van der Waals surface area contributed by atoms with E-state index in [0.717, 1.165) is 39.7 Å². The van der Waals surface area contributed by atoms with Crippen LogP contribution in [0.2, 0.25) is 0 Å². The predicted molar refractivity (Wildman–Crippen MR) is 325 cm³/mol. The molecule has 0 aromatic heterocycles. The lowest BCUT2D eigenvalue weighted by Gasteiger charge is -2.35. The van der Waals surface area contributed by atoms with Crippen molar-refractivity contribution in [3.05, 3.63) is 313 Å². The molecule has 0 bridgehead atoms. The second-order valence-electron chi connectivity index (χ2n) is 21.0. The van der Waals surface area contributed by atoms with Gasteiger partial charge in [-0.3, -0.25) is 0 Å². The highest BCUT2D eigenvalue weighted by molar-refractivity contribution is 6.05. The molecular weight excluding hydrogens is 929 g/mol. The predicted octanol–water partition coefficient (Wildman–Crippen LogP) is 20.7. The maximum absolute atomic E-state index is 2.54. The maximum atomic E-state index is 2.54. The Morgan fingerprint density at radius 3 is 1.51 bits per heavy atom. The number of rotatable bonds is 11. The molecule has 1 fully saturated rings. The van der Waals surface area contributed by atoms with Crippen molar-refractivity contribution < 1.29 is 0 Å². The van der Waals surface area contributed by atoms with Gasteiger partial charge in [0.25, 0.3) is 0 Å². The largest absolute Gasteiger partial charge is 0.310 e. The third-order valence-corrected chi connectivity index (χ3v) is 16.7. The van der Waals surface area contributed by atoms with Gasteiger partial charge < -0.3 is 9.80 Å². The molecule has 2 aliphatic carbocycles. The van der Waals surface area contributed by atoms with Crippen LogP contribution in [0.1, 0.15) is 65.8 Å². The fourth-order valence-electron chi connectivity index (χ4n) is 13.1. The van der Waals surface area contributed by atoms with Crippen molar-refractivity contribution in [2.45, 2.75) is 43.4 Å². The van der Waals surface area contributed by atoms with E-state index in [9.17, 15) is 0 Å². The zero-order valence-electron chi connectivity index (χ0n) is 43.1. The molecular formula is C75H58N2. The molecule has 14 rings (SSSR count). The summed E-state index contributed by atoms with van der Waals surface area (Å²) in [6.45, 7) is 0. The topological polar surface area (TPSA) is 6.48 Å². The van der Waals surface area contributed by atoms with Crippen LogP contribution in [0.5, 0.6) is 0 Å². The van der Waals surface area contributed by atoms with E-state index in [1.807, 2.05) is 0 Å². The first-order valence-corrected chi connectivity index (χ1v) is 27.5. The zero-order valence-corrected chi connectivity index (χ0v) is 43.1. The molecule has 12 aromatic rings. The van der Waals surface area contributed by atoms with E-state index in [1.54, 1.807) is 0 Å². The standard InChI is InChI=1S/C75H58N2/c1-6-22-53(23-7-1)55-38-42-63(43-39-55)77(65-45-47-71-70-36-20-21-37-72(70)75(73(71)52-65,60-29-10-3-11-30-60)61-31-12-4-13-32-61)67-50-59(69-46-41-56-25-18-19-35-68(56)74(69)57-26-8-2-9-27-57)49-66(51-67)76(62-33-14-5-15-34-62)64-44-40-54-24-16-17-28-58(54)48-64/h2-5,8-21,24-53H,1,6-7,22-23H2. The van der Waals surface area contributed by atoms with Gasteiger partial charge in [-0.05, 0) is 168 Å². The number of para-hydroxylation sites is 1. The molecule has 12 aromatic carbocycles. The van der Waals surface area contributed by atoms with E-state index in [0.29, 0.717) is 5.92 Å². The third kappa shape index (κ3) is 8.20. The molecule has 2 heteroatoms. The summed E-state index contributed by atoms with van der Waals surface area (Å²) in [5.41, 5.74) is 19.7. The molecule has 0 N–H and O–H groups in total. The third-order valence-electron chi connectivity index (χ3n) is 16.7. The fraction of sp³-hybridized carbons (Fsp3) is 0.0933. The van der Waals surface area contributed by atoms with Gasteiger partial charge >= 0.3 is 0 Å². The molecule has 1 saturated carbocycles. The van der Waals surface area contributed by atoms with Crippen LogP contribution in [0, 0.1) is 0 Å². The molecule has 0 atom stereocenters. The van der Waals surface area contributed by atoms with Crippen LogP contribution < -0.4 is 9.80 Å². The Bertz CT molecular complexity index is 4030. The summed E-state index contributed by atoms with van der Waals surface area (Å²) in [6.07, 6.45) is 6.43. The van der Waals surface area contributed by atoms with Gasteiger partial charge in [0, 0.05) is 34.1 Å². The Hall–Kier alpha value is -9.24. The van der Waals surface area contributed by atoms with Crippen LogP contribution in [-0.4, -0.2) is 0 Å². The summed E-state index contributed by atoms with van der Waals surface area (Å²) in [5.74, 6) is 0.586. The first kappa shape index (κ1) is 46.3. The van der Waals surface area contributed by atoms with Gasteiger partial charge in [0.05, 0.1) is 5.41 Å². The van der Waals surface area contributed by atoms with E-state index >= 15 is 0 Å². The van der Waals surface area contributed by atoms with E-state index in [2.05, 4.69) is 295 Å².